The number of nitrogens with zero attached hydrogens (tertiary/aromatic N) is 3. The molecular formula is C21H25N5O4S. The van der Waals surface area contributed by atoms with Gasteiger partial charge in [-0.15, -0.1) is 0 Å². The van der Waals surface area contributed by atoms with Gasteiger partial charge in [-0.05, 0) is 47.2 Å². The van der Waals surface area contributed by atoms with Crippen LogP contribution in [0.15, 0.2) is 42.7 Å². The monoisotopic (exact) mass is 443 g/mol. The molecule has 0 spiro atoms. The zero-order valence-corrected chi connectivity index (χ0v) is 18.0. The summed E-state index contributed by atoms with van der Waals surface area (Å²) in [6.07, 6.45) is 5.35. The van der Waals surface area contributed by atoms with Gasteiger partial charge in [0.25, 0.3) is 5.91 Å². The van der Waals surface area contributed by atoms with Crippen LogP contribution in [0.1, 0.15) is 39.5 Å². The molecule has 3 heterocycles. The fourth-order valence-electron chi connectivity index (χ4n) is 4.26. The zero-order chi connectivity index (χ0) is 22.2. The lowest BCUT2D eigenvalue weighted by Crippen LogP contribution is -2.34. The third kappa shape index (κ3) is 4.40. The lowest BCUT2D eigenvalue weighted by molar-refractivity contribution is 0.0948. The molecule has 2 aromatic rings. The van der Waals surface area contributed by atoms with E-state index in [0.29, 0.717) is 31.7 Å². The summed E-state index contributed by atoms with van der Waals surface area (Å²) >= 11 is 0. The van der Waals surface area contributed by atoms with Gasteiger partial charge in [0.15, 0.2) is 0 Å². The van der Waals surface area contributed by atoms with E-state index >= 15 is 0 Å². The minimum atomic E-state index is -3.19. The molecule has 1 saturated heterocycles. The van der Waals surface area contributed by atoms with Gasteiger partial charge in [-0.2, -0.15) is 0 Å². The Morgan fingerprint density at radius 1 is 1.23 bits per heavy atom. The summed E-state index contributed by atoms with van der Waals surface area (Å²) in [5.74, 6) is -0.113. The van der Waals surface area contributed by atoms with Gasteiger partial charge in [-0.3, -0.25) is 9.78 Å². The first-order chi connectivity index (χ1) is 14.7. The number of aromatic nitrogens is 1. The second-order valence-electron chi connectivity index (χ2n) is 8.05. The average molecular weight is 444 g/mol. The average Bonchev–Trinajstić information content (AvgIpc) is 3.37. The standard InChI is InChI=1S/C21H25N5O4S/c1-31(29,30)25-9-7-14(12-25)10-24-20(27)16-4-2-15(3-5-16)19-18-6-8-23-11-17(18)13-26(19)21(22)28/h2-6,8,11,14,19H,7,9-10,12-13H2,1H3,(H2,22,28)(H,24,27). The predicted molar refractivity (Wildman–Crippen MR) is 115 cm³/mol. The van der Waals surface area contributed by atoms with Gasteiger partial charge in [0.1, 0.15) is 0 Å². The third-order valence-corrected chi connectivity index (χ3v) is 7.20. The van der Waals surface area contributed by atoms with Crippen LogP contribution in [-0.4, -0.2) is 60.4 Å². The van der Waals surface area contributed by atoms with Crippen molar-refractivity contribution < 1.29 is 18.0 Å². The Morgan fingerprint density at radius 3 is 2.61 bits per heavy atom. The van der Waals surface area contributed by atoms with Gasteiger partial charge in [0.2, 0.25) is 10.0 Å². The maximum atomic E-state index is 12.5. The van der Waals surface area contributed by atoms with Crippen LogP contribution in [-0.2, 0) is 16.6 Å². The lowest BCUT2D eigenvalue weighted by Gasteiger charge is -2.24. The van der Waals surface area contributed by atoms with Crippen molar-refractivity contribution in [1.29, 1.82) is 0 Å². The molecule has 1 aromatic heterocycles. The second-order valence-corrected chi connectivity index (χ2v) is 10.0. The van der Waals surface area contributed by atoms with Crippen molar-refractivity contribution in [2.24, 2.45) is 11.7 Å². The van der Waals surface area contributed by atoms with E-state index < -0.39 is 16.1 Å². The first kappa shape index (κ1) is 21.3. The molecule has 3 amide bonds. The molecule has 2 unspecified atom stereocenters. The molecular weight excluding hydrogens is 418 g/mol. The van der Waals surface area contributed by atoms with Crippen LogP contribution >= 0.6 is 0 Å². The molecule has 10 heteroatoms. The summed E-state index contributed by atoms with van der Waals surface area (Å²) in [6, 6.07) is 8.15. The largest absolute Gasteiger partial charge is 0.352 e. The van der Waals surface area contributed by atoms with E-state index in [4.69, 9.17) is 5.73 Å². The molecule has 1 aromatic carbocycles. The van der Waals surface area contributed by atoms with Gasteiger partial charge in [0.05, 0.1) is 18.8 Å². The minimum Gasteiger partial charge on any atom is -0.352 e. The highest BCUT2D eigenvalue weighted by Gasteiger charge is 2.34. The number of sulfonamides is 1. The maximum Gasteiger partial charge on any atom is 0.315 e. The van der Waals surface area contributed by atoms with Crippen LogP contribution < -0.4 is 11.1 Å². The number of nitrogens with one attached hydrogen (secondary N) is 1. The molecule has 164 valence electrons. The highest BCUT2D eigenvalue weighted by atomic mass is 32.2. The third-order valence-electron chi connectivity index (χ3n) is 5.93. The molecule has 0 saturated carbocycles. The summed E-state index contributed by atoms with van der Waals surface area (Å²) in [4.78, 5) is 30.2. The highest BCUT2D eigenvalue weighted by molar-refractivity contribution is 7.88. The minimum absolute atomic E-state index is 0.102. The molecule has 2 aliphatic rings. The number of hydrogen-bond acceptors (Lipinski definition) is 5. The normalized spacial score (nSPS) is 21.1. The Labute approximate surface area is 181 Å². The molecule has 0 aliphatic carbocycles. The molecule has 2 atom stereocenters. The second kappa shape index (κ2) is 8.27. The van der Waals surface area contributed by atoms with E-state index in [0.717, 1.165) is 23.1 Å². The maximum absolute atomic E-state index is 12.5. The van der Waals surface area contributed by atoms with Crippen LogP contribution in [0, 0.1) is 5.92 Å². The van der Waals surface area contributed by atoms with E-state index in [1.54, 1.807) is 29.4 Å². The summed E-state index contributed by atoms with van der Waals surface area (Å²) < 4.78 is 24.7. The Kier molecular flexibility index (Phi) is 5.67. The summed E-state index contributed by atoms with van der Waals surface area (Å²) in [6.45, 7) is 1.74. The molecule has 0 bridgehead atoms. The van der Waals surface area contributed by atoms with Gasteiger partial charge in [0, 0.05) is 37.6 Å². The van der Waals surface area contributed by atoms with E-state index in [1.165, 1.54) is 10.6 Å². The Morgan fingerprint density at radius 2 is 1.97 bits per heavy atom. The molecule has 0 radical (unpaired) electrons. The number of nitrogens with two attached hydrogens (primary N) is 1. The molecule has 2 aliphatic heterocycles. The Bertz CT molecular complexity index is 1100. The number of primary amides is 1. The van der Waals surface area contributed by atoms with Crippen LogP contribution in [0.25, 0.3) is 0 Å². The van der Waals surface area contributed by atoms with Gasteiger partial charge in [-0.1, -0.05) is 12.1 Å². The number of benzene rings is 1. The fraction of sp³-hybridized carbons (Fsp3) is 0.381. The lowest BCUT2D eigenvalue weighted by atomic mass is 9.98. The molecule has 9 nitrogen and oxygen atoms in total. The van der Waals surface area contributed by atoms with Crippen molar-refractivity contribution in [3.63, 3.8) is 0 Å². The smallest absolute Gasteiger partial charge is 0.315 e. The van der Waals surface area contributed by atoms with Crippen LogP contribution in [0.5, 0.6) is 0 Å². The number of carbonyl (C=O) groups excluding carboxylic acids is 2. The number of pyridine rings is 1. The summed E-state index contributed by atoms with van der Waals surface area (Å²) in [5.41, 5.74) is 8.87. The Hall–Kier alpha value is -2.98. The Balaban J connectivity index is 1.42. The van der Waals surface area contributed by atoms with Crippen molar-refractivity contribution in [2.75, 3.05) is 25.9 Å². The van der Waals surface area contributed by atoms with Crippen LogP contribution in [0.2, 0.25) is 0 Å². The number of fused-ring (bicyclic) bond motifs is 1. The molecule has 1 fully saturated rings. The van der Waals surface area contributed by atoms with E-state index in [1.807, 2.05) is 18.2 Å². The van der Waals surface area contributed by atoms with Crippen LogP contribution in [0.3, 0.4) is 0 Å². The number of carbonyl (C=O) groups is 2. The molecule has 3 N–H and O–H groups in total. The predicted octanol–water partition coefficient (Wildman–Crippen LogP) is 1.08. The van der Waals surface area contributed by atoms with E-state index in [2.05, 4.69) is 10.3 Å². The van der Waals surface area contributed by atoms with Crippen molar-refractivity contribution in [2.45, 2.75) is 19.0 Å². The van der Waals surface area contributed by atoms with Crippen molar-refractivity contribution in [1.82, 2.24) is 19.5 Å². The summed E-state index contributed by atoms with van der Waals surface area (Å²) in [7, 11) is -3.19. The van der Waals surface area contributed by atoms with Gasteiger partial charge >= 0.3 is 6.03 Å². The zero-order valence-electron chi connectivity index (χ0n) is 17.2. The van der Waals surface area contributed by atoms with Crippen LogP contribution in [0.4, 0.5) is 4.79 Å². The van der Waals surface area contributed by atoms with Crippen molar-refractivity contribution in [3.8, 4) is 0 Å². The van der Waals surface area contributed by atoms with Gasteiger partial charge in [-0.25, -0.2) is 17.5 Å². The van der Waals surface area contributed by atoms with Crippen molar-refractivity contribution >= 4 is 22.0 Å². The van der Waals surface area contributed by atoms with Gasteiger partial charge < -0.3 is 16.0 Å². The topological polar surface area (TPSA) is 126 Å². The first-order valence-electron chi connectivity index (χ1n) is 10.1. The first-order valence-corrected chi connectivity index (χ1v) is 11.9. The number of hydrogen-bond donors (Lipinski definition) is 2. The van der Waals surface area contributed by atoms with Crippen molar-refractivity contribution in [3.05, 3.63) is 65.0 Å². The quantitative estimate of drug-likeness (QED) is 0.715. The SMILES string of the molecule is CS(=O)(=O)N1CCC(CNC(=O)c2ccc(C3c4ccncc4CN3C(N)=O)cc2)C1. The van der Waals surface area contributed by atoms with E-state index in [-0.39, 0.29) is 17.9 Å². The van der Waals surface area contributed by atoms with E-state index in [9.17, 15) is 18.0 Å². The fourth-order valence-corrected chi connectivity index (χ4v) is 5.18. The molecule has 31 heavy (non-hydrogen) atoms. The molecule has 4 rings (SSSR count). The number of urea groups is 1. The summed E-state index contributed by atoms with van der Waals surface area (Å²) in [5, 5.41) is 2.89. The number of amides is 3. The highest BCUT2D eigenvalue weighted by Crippen LogP contribution is 2.37. The number of rotatable bonds is 5.